The van der Waals surface area contributed by atoms with Crippen molar-refractivity contribution in [2.24, 2.45) is 0 Å². The molecule has 3 nitrogen and oxygen atoms in total. The zero-order valence-corrected chi connectivity index (χ0v) is 19.8. The minimum atomic E-state index is -0.0777. The predicted molar refractivity (Wildman–Crippen MR) is 132 cm³/mol. The molecule has 3 aromatic carbocycles. The average molecular weight is 467 g/mol. The van der Waals surface area contributed by atoms with E-state index in [1.165, 1.54) is 11.1 Å². The molecule has 0 aromatic heterocycles. The van der Waals surface area contributed by atoms with Gasteiger partial charge in [0.25, 0.3) is 0 Å². The van der Waals surface area contributed by atoms with Gasteiger partial charge in [0.2, 0.25) is 5.91 Å². The first-order valence-corrected chi connectivity index (χ1v) is 11.9. The van der Waals surface area contributed by atoms with Crippen molar-refractivity contribution < 1.29 is 4.79 Å². The van der Waals surface area contributed by atoms with Crippen molar-refractivity contribution in [1.29, 1.82) is 0 Å². The van der Waals surface area contributed by atoms with Crippen LogP contribution >= 0.6 is 23.2 Å². The van der Waals surface area contributed by atoms with Gasteiger partial charge < -0.3 is 4.90 Å². The molecule has 1 saturated heterocycles. The summed E-state index contributed by atoms with van der Waals surface area (Å²) in [6.07, 6.45) is 0.807. The van der Waals surface area contributed by atoms with E-state index in [1.54, 1.807) is 0 Å². The molecule has 0 bridgehead atoms. The summed E-state index contributed by atoms with van der Waals surface area (Å²) >= 11 is 12.3. The third-order valence-electron chi connectivity index (χ3n) is 6.27. The van der Waals surface area contributed by atoms with E-state index in [0.717, 1.165) is 48.2 Å². The van der Waals surface area contributed by atoms with Gasteiger partial charge in [0.05, 0.1) is 12.0 Å². The molecular weight excluding hydrogens is 439 g/mol. The molecule has 3 aromatic rings. The second-order valence-electron chi connectivity index (χ2n) is 8.24. The van der Waals surface area contributed by atoms with Gasteiger partial charge in [-0.3, -0.25) is 9.69 Å². The molecule has 0 aliphatic carbocycles. The summed E-state index contributed by atoms with van der Waals surface area (Å²) in [6.45, 7) is 5.16. The molecule has 1 atom stereocenters. The van der Waals surface area contributed by atoms with Gasteiger partial charge in [-0.1, -0.05) is 84.7 Å². The van der Waals surface area contributed by atoms with Crippen LogP contribution in [0.3, 0.4) is 0 Å². The molecule has 32 heavy (non-hydrogen) atoms. The number of carbonyl (C=O) groups excluding carboxylic acids is 1. The number of rotatable bonds is 6. The van der Waals surface area contributed by atoms with Crippen molar-refractivity contribution in [3.05, 3.63) is 106 Å². The average Bonchev–Trinajstić information content (AvgIpc) is 2.83. The summed E-state index contributed by atoms with van der Waals surface area (Å²) in [5.74, 6) is 0.152. The fourth-order valence-corrected chi connectivity index (χ4v) is 4.82. The van der Waals surface area contributed by atoms with Gasteiger partial charge in [0.1, 0.15) is 0 Å². The van der Waals surface area contributed by atoms with Gasteiger partial charge in [-0.25, -0.2) is 0 Å². The largest absolute Gasteiger partial charge is 0.340 e. The van der Waals surface area contributed by atoms with Crippen LogP contribution in [0.5, 0.6) is 0 Å². The summed E-state index contributed by atoms with van der Waals surface area (Å²) in [4.78, 5) is 17.8. The summed E-state index contributed by atoms with van der Waals surface area (Å²) in [7, 11) is 0. The van der Waals surface area contributed by atoms with E-state index in [9.17, 15) is 4.79 Å². The molecule has 0 spiro atoms. The Hall–Kier alpha value is -2.33. The Labute approximate surface area is 200 Å². The number of nitrogens with zero attached hydrogens (tertiary/aromatic N) is 2. The van der Waals surface area contributed by atoms with E-state index in [0.29, 0.717) is 0 Å². The molecule has 0 radical (unpaired) electrons. The Bertz CT molecular complexity index is 968. The second-order valence-corrected chi connectivity index (χ2v) is 9.11. The van der Waals surface area contributed by atoms with Gasteiger partial charge in [0.15, 0.2) is 0 Å². The highest BCUT2D eigenvalue weighted by Gasteiger charge is 2.31. The standard InChI is InChI=1S/C27H28Cl2N2O/c1-2-25(20-6-4-3-5-7-20)27(32)31-18-16-30(17-19-31)26(21-8-12-23(28)13-9-21)22-10-14-24(29)15-11-22/h3-15,25-26H,2,16-19H2,1H3/t25-/m0/s1. The zero-order chi connectivity index (χ0) is 22.5. The van der Waals surface area contributed by atoms with Crippen molar-refractivity contribution in [2.75, 3.05) is 26.2 Å². The van der Waals surface area contributed by atoms with Crippen LogP contribution in [0.2, 0.25) is 10.0 Å². The third kappa shape index (κ3) is 5.17. The van der Waals surface area contributed by atoms with Crippen molar-refractivity contribution in [1.82, 2.24) is 9.80 Å². The normalized spacial score (nSPS) is 15.7. The molecule has 4 rings (SSSR count). The monoisotopic (exact) mass is 466 g/mol. The fraction of sp³-hybridized carbons (Fsp3) is 0.296. The first-order valence-electron chi connectivity index (χ1n) is 11.2. The lowest BCUT2D eigenvalue weighted by atomic mass is 9.94. The van der Waals surface area contributed by atoms with Gasteiger partial charge in [0, 0.05) is 36.2 Å². The van der Waals surface area contributed by atoms with Crippen LogP contribution in [-0.2, 0) is 4.79 Å². The molecule has 0 saturated carbocycles. The van der Waals surface area contributed by atoms with Gasteiger partial charge in [-0.15, -0.1) is 0 Å². The number of halogens is 2. The maximum atomic E-state index is 13.3. The lowest BCUT2D eigenvalue weighted by Crippen LogP contribution is -2.51. The summed E-state index contributed by atoms with van der Waals surface area (Å²) < 4.78 is 0. The van der Waals surface area contributed by atoms with Crippen molar-refractivity contribution in [3.8, 4) is 0 Å². The van der Waals surface area contributed by atoms with E-state index in [-0.39, 0.29) is 17.9 Å². The first-order chi connectivity index (χ1) is 15.6. The van der Waals surface area contributed by atoms with Crippen molar-refractivity contribution in [3.63, 3.8) is 0 Å². The molecular formula is C27H28Cl2N2O. The second kappa shape index (κ2) is 10.5. The summed E-state index contributed by atoms with van der Waals surface area (Å²) in [5.41, 5.74) is 3.47. The molecule has 1 aliphatic rings. The maximum absolute atomic E-state index is 13.3. The smallest absolute Gasteiger partial charge is 0.230 e. The SMILES string of the molecule is CC[C@H](C(=O)N1CCN(C(c2ccc(Cl)cc2)c2ccc(Cl)cc2)CC1)c1ccccc1. The molecule has 0 N–H and O–H groups in total. The number of hydrogen-bond acceptors (Lipinski definition) is 2. The Morgan fingerprint density at radius 1 is 0.750 bits per heavy atom. The van der Waals surface area contributed by atoms with E-state index < -0.39 is 0 Å². The van der Waals surface area contributed by atoms with E-state index in [4.69, 9.17) is 23.2 Å². The van der Waals surface area contributed by atoms with Crippen LogP contribution in [-0.4, -0.2) is 41.9 Å². The van der Waals surface area contributed by atoms with Gasteiger partial charge in [-0.2, -0.15) is 0 Å². The molecule has 1 heterocycles. The number of benzene rings is 3. The zero-order valence-electron chi connectivity index (χ0n) is 18.3. The number of carbonyl (C=O) groups is 1. The molecule has 0 unspecified atom stereocenters. The van der Waals surface area contributed by atoms with Crippen LogP contribution in [0, 0.1) is 0 Å². The number of amides is 1. The number of hydrogen-bond donors (Lipinski definition) is 0. The minimum Gasteiger partial charge on any atom is -0.340 e. The van der Waals surface area contributed by atoms with Crippen LogP contribution in [0.25, 0.3) is 0 Å². The van der Waals surface area contributed by atoms with Crippen molar-refractivity contribution in [2.45, 2.75) is 25.3 Å². The van der Waals surface area contributed by atoms with Crippen LogP contribution in [0.4, 0.5) is 0 Å². The molecule has 1 aliphatic heterocycles. The van der Waals surface area contributed by atoms with E-state index in [2.05, 4.69) is 48.2 Å². The highest BCUT2D eigenvalue weighted by atomic mass is 35.5. The molecule has 1 amide bonds. The quantitative estimate of drug-likeness (QED) is 0.418. The van der Waals surface area contributed by atoms with Crippen LogP contribution in [0.15, 0.2) is 78.9 Å². The van der Waals surface area contributed by atoms with Crippen molar-refractivity contribution >= 4 is 29.1 Å². The lowest BCUT2D eigenvalue weighted by molar-refractivity contribution is -0.134. The third-order valence-corrected chi connectivity index (χ3v) is 6.77. The fourth-order valence-electron chi connectivity index (χ4n) is 4.56. The Kier molecular flexibility index (Phi) is 7.51. The highest BCUT2D eigenvalue weighted by molar-refractivity contribution is 6.30. The Morgan fingerprint density at radius 3 is 1.72 bits per heavy atom. The van der Waals surface area contributed by atoms with Gasteiger partial charge >= 0.3 is 0 Å². The topological polar surface area (TPSA) is 23.6 Å². The Morgan fingerprint density at radius 2 is 1.25 bits per heavy atom. The van der Waals surface area contributed by atoms with Crippen LogP contribution < -0.4 is 0 Å². The summed E-state index contributed by atoms with van der Waals surface area (Å²) in [6, 6.07) is 26.3. The maximum Gasteiger partial charge on any atom is 0.230 e. The minimum absolute atomic E-state index is 0.0777. The first kappa shape index (κ1) is 22.8. The van der Waals surface area contributed by atoms with Gasteiger partial charge in [-0.05, 0) is 47.4 Å². The molecule has 166 valence electrons. The summed E-state index contributed by atoms with van der Waals surface area (Å²) in [5, 5.41) is 1.45. The highest BCUT2D eigenvalue weighted by Crippen LogP contribution is 2.32. The van der Waals surface area contributed by atoms with E-state index >= 15 is 0 Å². The lowest BCUT2D eigenvalue weighted by Gasteiger charge is -2.40. The molecule has 1 fully saturated rings. The molecule has 5 heteroatoms. The van der Waals surface area contributed by atoms with E-state index in [1.807, 2.05) is 47.4 Å². The number of piperazine rings is 1. The Balaban J connectivity index is 1.51. The van der Waals surface area contributed by atoms with Crippen LogP contribution in [0.1, 0.15) is 42.0 Å². The predicted octanol–water partition coefficient (Wildman–Crippen LogP) is 6.42.